The molecule has 0 saturated heterocycles. The van der Waals surface area contributed by atoms with E-state index in [-0.39, 0.29) is 6.42 Å². The van der Waals surface area contributed by atoms with Gasteiger partial charge in [0.1, 0.15) is 0 Å². The molecule has 2 spiro atoms. The molecule has 5 nitrogen and oxygen atoms in total. The number of nitrogens with zero attached hydrogens (tertiary/aromatic N) is 1. The van der Waals surface area contributed by atoms with Crippen LogP contribution in [0.2, 0.25) is 5.02 Å². The van der Waals surface area contributed by atoms with Crippen LogP contribution in [0.5, 0.6) is 0 Å². The van der Waals surface area contributed by atoms with Crippen molar-refractivity contribution in [3.8, 4) is 0 Å². The number of hydrogen-bond donors (Lipinski definition) is 0. The van der Waals surface area contributed by atoms with E-state index in [2.05, 4.69) is 12.7 Å². The Labute approximate surface area is 175 Å². The van der Waals surface area contributed by atoms with Gasteiger partial charge in [-0.3, -0.25) is 0 Å². The van der Waals surface area contributed by atoms with E-state index in [1.807, 2.05) is 29.2 Å². The summed E-state index contributed by atoms with van der Waals surface area (Å²) in [6.07, 6.45) is 11.3. The highest BCUT2D eigenvalue weighted by Gasteiger charge is 2.57. The van der Waals surface area contributed by atoms with Gasteiger partial charge in [-0.25, -0.2) is 14.5 Å². The standard InChI is InChI=1S/C23H24ClNO4/c1-2-16-25-22(13-4-3-5-14-22)19(17-6-8-18(24)9-7-17)12-15-23(25)28-20(26)10-11-21(27)29-23/h2,6-12H,1,3-5,13-16H2. The van der Waals surface area contributed by atoms with Crippen molar-refractivity contribution >= 4 is 29.1 Å². The second kappa shape index (κ2) is 7.81. The Morgan fingerprint density at radius 2 is 1.66 bits per heavy atom. The predicted molar refractivity (Wildman–Crippen MR) is 111 cm³/mol. The average Bonchev–Trinajstić information content (AvgIpc) is 2.85. The summed E-state index contributed by atoms with van der Waals surface area (Å²) in [5.41, 5.74) is 1.80. The SMILES string of the molecule is C=CCN1C2(CC=C(c3ccc(Cl)cc3)C13CCCCC3)OC(=O)C=CC(=O)O2. The lowest BCUT2D eigenvalue weighted by Gasteiger charge is -2.56. The van der Waals surface area contributed by atoms with E-state index in [9.17, 15) is 9.59 Å². The Bertz CT molecular complexity index is 861. The third-order valence-corrected chi connectivity index (χ3v) is 6.27. The van der Waals surface area contributed by atoms with E-state index in [1.54, 1.807) is 6.08 Å². The second-order valence-corrected chi connectivity index (χ2v) is 8.15. The lowest BCUT2D eigenvalue weighted by atomic mass is 9.70. The third-order valence-electron chi connectivity index (χ3n) is 6.02. The number of hydrogen-bond acceptors (Lipinski definition) is 5. The molecule has 1 aromatic rings. The van der Waals surface area contributed by atoms with Crippen LogP contribution in [0.15, 0.2) is 55.1 Å². The highest BCUT2D eigenvalue weighted by atomic mass is 35.5. The van der Waals surface area contributed by atoms with Crippen molar-refractivity contribution in [3.63, 3.8) is 0 Å². The molecule has 2 aliphatic heterocycles. The van der Waals surface area contributed by atoms with Crippen molar-refractivity contribution in [3.05, 3.63) is 65.7 Å². The summed E-state index contributed by atoms with van der Waals surface area (Å²) in [6.45, 7) is 4.33. The van der Waals surface area contributed by atoms with Crippen molar-refractivity contribution in [2.24, 2.45) is 0 Å². The Morgan fingerprint density at radius 3 is 2.24 bits per heavy atom. The molecule has 0 atom stereocenters. The topological polar surface area (TPSA) is 55.8 Å². The van der Waals surface area contributed by atoms with Gasteiger partial charge >= 0.3 is 17.8 Å². The molecule has 1 saturated carbocycles. The van der Waals surface area contributed by atoms with Crippen molar-refractivity contribution in [1.29, 1.82) is 0 Å². The fourth-order valence-corrected chi connectivity index (χ4v) is 5.00. The lowest BCUT2D eigenvalue weighted by molar-refractivity contribution is -0.298. The molecular formula is C23H24ClNO4. The van der Waals surface area contributed by atoms with Gasteiger partial charge in [-0.15, -0.1) is 6.58 Å². The molecule has 0 aromatic heterocycles. The molecule has 0 unspecified atom stereocenters. The Balaban J connectivity index is 1.87. The van der Waals surface area contributed by atoms with Crippen LogP contribution in [0, 0.1) is 0 Å². The maximum atomic E-state index is 12.3. The maximum absolute atomic E-state index is 12.3. The Hall–Kier alpha value is -2.37. The summed E-state index contributed by atoms with van der Waals surface area (Å²) in [5, 5.41) is 0.681. The van der Waals surface area contributed by atoms with E-state index < -0.39 is 23.4 Å². The zero-order valence-corrected chi connectivity index (χ0v) is 17.0. The number of esters is 2. The first kappa shape index (κ1) is 19.9. The second-order valence-electron chi connectivity index (χ2n) is 7.71. The van der Waals surface area contributed by atoms with Crippen LogP contribution in [0.25, 0.3) is 5.57 Å². The fraction of sp³-hybridized carbons (Fsp3) is 0.391. The smallest absolute Gasteiger partial charge is 0.335 e. The molecule has 0 radical (unpaired) electrons. The van der Waals surface area contributed by atoms with E-state index in [1.165, 1.54) is 0 Å². The molecule has 3 aliphatic rings. The summed E-state index contributed by atoms with van der Waals surface area (Å²) in [6, 6.07) is 7.79. The van der Waals surface area contributed by atoms with Crippen LogP contribution in [-0.2, 0) is 19.1 Å². The van der Waals surface area contributed by atoms with Gasteiger partial charge < -0.3 is 9.47 Å². The van der Waals surface area contributed by atoms with Crippen molar-refractivity contribution < 1.29 is 19.1 Å². The van der Waals surface area contributed by atoms with Crippen LogP contribution in [0.1, 0.15) is 44.1 Å². The van der Waals surface area contributed by atoms with Gasteiger partial charge in [-0.1, -0.05) is 55.1 Å². The Kier molecular flexibility index (Phi) is 5.36. The number of ether oxygens (including phenoxy) is 2. The first-order valence-corrected chi connectivity index (χ1v) is 10.4. The first-order chi connectivity index (χ1) is 14.0. The number of carbonyl (C=O) groups is 2. The third kappa shape index (κ3) is 3.53. The zero-order chi connectivity index (χ0) is 20.5. The van der Waals surface area contributed by atoms with E-state index in [0.29, 0.717) is 11.6 Å². The molecule has 6 heteroatoms. The monoisotopic (exact) mass is 413 g/mol. The molecule has 29 heavy (non-hydrogen) atoms. The molecular weight excluding hydrogens is 390 g/mol. The minimum Gasteiger partial charge on any atom is -0.405 e. The largest absolute Gasteiger partial charge is 0.405 e. The normalized spacial score (nSPS) is 23.3. The molecule has 1 fully saturated rings. The minimum atomic E-state index is -1.47. The van der Waals surface area contributed by atoms with Crippen LogP contribution in [0.4, 0.5) is 0 Å². The number of halogens is 1. The number of carbonyl (C=O) groups excluding carboxylic acids is 2. The molecule has 1 aliphatic carbocycles. The van der Waals surface area contributed by atoms with Crippen LogP contribution < -0.4 is 0 Å². The molecule has 0 bridgehead atoms. The van der Waals surface area contributed by atoms with E-state index >= 15 is 0 Å². The molecule has 152 valence electrons. The van der Waals surface area contributed by atoms with Crippen molar-refractivity contribution in [1.82, 2.24) is 4.90 Å². The molecule has 4 rings (SSSR count). The van der Waals surface area contributed by atoms with Crippen molar-refractivity contribution in [2.75, 3.05) is 6.54 Å². The average molecular weight is 414 g/mol. The van der Waals surface area contributed by atoms with Gasteiger partial charge in [0, 0.05) is 23.7 Å². The Morgan fingerprint density at radius 1 is 1.03 bits per heavy atom. The van der Waals surface area contributed by atoms with Crippen LogP contribution in [0.3, 0.4) is 0 Å². The van der Waals surface area contributed by atoms with Gasteiger partial charge in [-0.2, -0.15) is 0 Å². The van der Waals surface area contributed by atoms with Gasteiger partial charge in [0.05, 0.1) is 12.0 Å². The lowest BCUT2D eigenvalue weighted by Crippen LogP contribution is -2.66. The summed E-state index contributed by atoms with van der Waals surface area (Å²) in [7, 11) is 0. The highest BCUT2D eigenvalue weighted by molar-refractivity contribution is 6.30. The van der Waals surface area contributed by atoms with Crippen LogP contribution >= 0.6 is 11.6 Å². The van der Waals surface area contributed by atoms with Crippen LogP contribution in [-0.4, -0.2) is 34.8 Å². The molecule has 0 N–H and O–H groups in total. The van der Waals surface area contributed by atoms with E-state index in [4.69, 9.17) is 21.1 Å². The molecule has 1 aromatic carbocycles. The predicted octanol–water partition coefficient (Wildman–Crippen LogP) is 4.63. The quantitative estimate of drug-likeness (QED) is 0.534. The summed E-state index contributed by atoms with van der Waals surface area (Å²) < 4.78 is 11.5. The number of benzene rings is 1. The van der Waals surface area contributed by atoms with Gasteiger partial charge in [0.2, 0.25) is 0 Å². The van der Waals surface area contributed by atoms with Crippen molar-refractivity contribution in [2.45, 2.75) is 50.0 Å². The van der Waals surface area contributed by atoms with Gasteiger partial charge in [0.15, 0.2) is 0 Å². The summed E-state index contributed by atoms with van der Waals surface area (Å²) in [5.74, 6) is -2.64. The first-order valence-electron chi connectivity index (χ1n) is 9.98. The van der Waals surface area contributed by atoms with E-state index in [0.717, 1.165) is 55.4 Å². The summed E-state index contributed by atoms with van der Waals surface area (Å²) >= 11 is 6.11. The highest BCUT2D eigenvalue weighted by Crippen LogP contribution is 2.51. The number of rotatable bonds is 3. The molecule has 0 amide bonds. The minimum absolute atomic E-state index is 0.250. The molecule has 2 heterocycles. The summed E-state index contributed by atoms with van der Waals surface area (Å²) in [4.78, 5) is 26.6. The maximum Gasteiger partial charge on any atom is 0.335 e. The fourth-order valence-electron chi connectivity index (χ4n) is 4.87. The zero-order valence-electron chi connectivity index (χ0n) is 16.2. The van der Waals surface area contributed by atoms with Gasteiger partial charge in [0.25, 0.3) is 0 Å². The van der Waals surface area contributed by atoms with Gasteiger partial charge in [-0.05, 0) is 36.1 Å².